The van der Waals surface area contributed by atoms with Crippen LogP contribution in [0.3, 0.4) is 0 Å². The van der Waals surface area contributed by atoms with Crippen molar-refractivity contribution in [3.8, 4) is 11.5 Å². The number of pyridine rings is 1. The first-order valence-corrected chi connectivity index (χ1v) is 10.9. The highest BCUT2D eigenvalue weighted by Crippen LogP contribution is 2.19. The zero-order valence-corrected chi connectivity index (χ0v) is 17.0. The number of morpholine rings is 1. The number of furan rings is 1. The Morgan fingerprint density at radius 1 is 1.07 bits per heavy atom. The van der Waals surface area contributed by atoms with Crippen molar-refractivity contribution in [2.75, 3.05) is 26.3 Å². The summed E-state index contributed by atoms with van der Waals surface area (Å²) >= 11 is 0. The second-order valence-electron chi connectivity index (χ2n) is 6.75. The van der Waals surface area contributed by atoms with E-state index in [1.54, 1.807) is 18.5 Å². The van der Waals surface area contributed by atoms with Gasteiger partial charge in [-0.3, -0.25) is 9.78 Å². The van der Waals surface area contributed by atoms with Crippen molar-refractivity contribution in [2.45, 2.75) is 11.4 Å². The Labute approximate surface area is 174 Å². The van der Waals surface area contributed by atoms with E-state index in [0.717, 1.165) is 5.56 Å². The van der Waals surface area contributed by atoms with E-state index in [1.807, 2.05) is 18.2 Å². The lowest BCUT2D eigenvalue weighted by Gasteiger charge is -2.26. The number of benzene rings is 1. The van der Waals surface area contributed by atoms with Crippen molar-refractivity contribution in [3.05, 3.63) is 72.1 Å². The van der Waals surface area contributed by atoms with E-state index in [9.17, 15) is 13.2 Å². The van der Waals surface area contributed by atoms with Gasteiger partial charge in [-0.25, -0.2) is 8.42 Å². The van der Waals surface area contributed by atoms with E-state index in [1.165, 1.54) is 28.6 Å². The van der Waals surface area contributed by atoms with E-state index in [2.05, 4.69) is 10.3 Å². The Morgan fingerprint density at radius 3 is 2.47 bits per heavy atom. The molecule has 0 bridgehead atoms. The molecule has 156 valence electrons. The number of carbonyl (C=O) groups is 1. The van der Waals surface area contributed by atoms with Crippen LogP contribution in [0, 0.1) is 0 Å². The van der Waals surface area contributed by atoms with Gasteiger partial charge in [0.2, 0.25) is 10.0 Å². The van der Waals surface area contributed by atoms with Crippen molar-refractivity contribution >= 4 is 15.9 Å². The summed E-state index contributed by atoms with van der Waals surface area (Å²) in [5.41, 5.74) is 1.94. The van der Waals surface area contributed by atoms with E-state index in [0.29, 0.717) is 49.9 Å². The number of ether oxygens (including phenoxy) is 1. The smallest absolute Gasteiger partial charge is 0.251 e. The van der Waals surface area contributed by atoms with Crippen LogP contribution in [0.2, 0.25) is 0 Å². The topological polar surface area (TPSA) is 102 Å². The Hall–Kier alpha value is -3.01. The minimum atomic E-state index is -3.58. The standard InChI is InChI=1S/C21H21N3O5S/c25-21(23-15-16-3-8-19(22-14-16)20-2-1-11-29-20)17-4-6-18(7-5-17)30(26,27)24-9-12-28-13-10-24/h1-8,11,14H,9-10,12-13,15H2,(H,23,25). The normalized spacial score (nSPS) is 15.1. The van der Waals surface area contributed by atoms with Gasteiger partial charge in [-0.15, -0.1) is 0 Å². The summed E-state index contributed by atoms with van der Waals surface area (Å²) in [4.78, 5) is 16.9. The highest BCUT2D eigenvalue weighted by atomic mass is 32.2. The molecule has 1 saturated heterocycles. The van der Waals surface area contributed by atoms with Crippen molar-refractivity contribution in [2.24, 2.45) is 0 Å². The number of hydrogen-bond donors (Lipinski definition) is 1. The molecule has 1 amide bonds. The van der Waals surface area contributed by atoms with Gasteiger partial charge in [0.25, 0.3) is 5.91 Å². The van der Waals surface area contributed by atoms with E-state index in [-0.39, 0.29) is 10.8 Å². The van der Waals surface area contributed by atoms with E-state index < -0.39 is 10.0 Å². The Kier molecular flexibility index (Phi) is 5.93. The van der Waals surface area contributed by atoms with Gasteiger partial charge in [-0.05, 0) is 48.0 Å². The molecule has 1 N–H and O–H groups in total. The van der Waals surface area contributed by atoms with Crippen LogP contribution < -0.4 is 5.32 Å². The van der Waals surface area contributed by atoms with Crippen LogP contribution >= 0.6 is 0 Å². The van der Waals surface area contributed by atoms with Crippen LogP contribution in [0.5, 0.6) is 0 Å². The number of hydrogen-bond acceptors (Lipinski definition) is 6. The maximum atomic E-state index is 12.6. The molecule has 8 nitrogen and oxygen atoms in total. The lowest BCUT2D eigenvalue weighted by molar-refractivity contribution is 0.0730. The molecule has 9 heteroatoms. The molecule has 0 spiro atoms. The van der Waals surface area contributed by atoms with Gasteiger partial charge in [0, 0.05) is 31.4 Å². The molecular formula is C21H21N3O5S. The van der Waals surface area contributed by atoms with Crippen LogP contribution in [0.15, 0.2) is 70.3 Å². The molecule has 2 aromatic heterocycles. The molecular weight excluding hydrogens is 406 g/mol. The zero-order chi connectivity index (χ0) is 21.0. The first kappa shape index (κ1) is 20.3. The third-order valence-electron chi connectivity index (χ3n) is 4.78. The van der Waals surface area contributed by atoms with Crippen molar-refractivity contribution < 1.29 is 22.4 Å². The number of sulfonamides is 1. The van der Waals surface area contributed by atoms with Gasteiger partial charge in [-0.2, -0.15) is 4.31 Å². The summed E-state index contributed by atoms with van der Waals surface area (Å²) in [6, 6.07) is 13.3. The molecule has 30 heavy (non-hydrogen) atoms. The third kappa shape index (κ3) is 4.43. The largest absolute Gasteiger partial charge is 0.463 e. The Morgan fingerprint density at radius 2 is 1.83 bits per heavy atom. The summed E-state index contributed by atoms with van der Waals surface area (Å²) in [6.45, 7) is 1.74. The highest BCUT2D eigenvalue weighted by Gasteiger charge is 2.26. The van der Waals surface area contributed by atoms with Gasteiger partial charge in [0.05, 0.1) is 24.4 Å². The van der Waals surface area contributed by atoms with Crippen LogP contribution in [-0.4, -0.2) is 49.9 Å². The summed E-state index contributed by atoms with van der Waals surface area (Å²) in [5, 5.41) is 2.81. The van der Waals surface area contributed by atoms with E-state index >= 15 is 0 Å². The van der Waals surface area contributed by atoms with Crippen molar-refractivity contribution in [1.29, 1.82) is 0 Å². The first-order valence-electron chi connectivity index (χ1n) is 9.49. The van der Waals surface area contributed by atoms with Crippen LogP contribution in [0.1, 0.15) is 15.9 Å². The molecule has 0 saturated carbocycles. The molecule has 0 atom stereocenters. The number of nitrogens with zero attached hydrogens (tertiary/aromatic N) is 2. The molecule has 1 aliphatic rings. The Bertz CT molecular complexity index is 1090. The lowest BCUT2D eigenvalue weighted by Crippen LogP contribution is -2.40. The molecule has 3 heterocycles. The van der Waals surface area contributed by atoms with Gasteiger partial charge in [0.1, 0.15) is 5.69 Å². The van der Waals surface area contributed by atoms with Crippen LogP contribution in [0.25, 0.3) is 11.5 Å². The molecule has 0 aliphatic carbocycles. The maximum absolute atomic E-state index is 12.6. The predicted molar refractivity (Wildman–Crippen MR) is 109 cm³/mol. The third-order valence-corrected chi connectivity index (χ3v) is 6.69. The predicted octanol–water partition coefficient (Wildman–Crippen LogP) is 2.29. The fourth-order valence-corrected chi connectivity index (χ4v) is 4.51. The first-order chi connectivity index (χ1) is 14.5. The molecule has 3 aromatic rings. The minimum absolute atomic E-state index is 0.165. The zero-order valence-electron chi connectivity index (χ0n) is 16.2. The molecule has 1 fully saturated rings. The van der Waals surface area contributed by atoms with Crippen molar-refractivity contribution in [1.82, 2.24) is 14.6 Å². The molecule has 0 radical (unpaired) electrons. The average Bonchev–Trinajstić information content (AvgIpc) is 3.33. The molecule has 1 aliphatic heterocycles. The summed E-state index contributed by atoms with van der Waals surface area (Å²) in [6.07, 6.45) is 3.26. The fourth-order valence-electron chi connectivity index (χ4n) is 3.10. The van der Waals surface area contributed by atoms with Gasteiger partial charge < -0.3 is 14.5 Å². The fraction of sp³-hybridized carbons (Fsp3) is 0.238. The second-order valence-corrected chi connectivity index (χ2v) is 8.69. The second kappa shape index (κ2) is 8.78. The number of rotatable bonds is 6. The SMILES string of the molecule is O=C(NCc1ccc(-c2ccco2)nc1)c1ccc(S(=O)(=O)N2CCOCC2)cc1. The average molecular weight is 427 g/mol. The summed E-state index contributed by atoms with van der Waals surface area (Å²) in [7, 11) is -3.58. The van der Waals surface area contributed by atoms with Gasteiger partial charge in [0.15, 0.2) is 5.76 Å². The summed E-state index contributed by atoms with van der Waals surface area (Å²) < 4.78 is 37.2. The molecule has 4 rings (SSSR count). The quantitative estimate of drug-likeness (QED) is 0.648. The maximum Gasteiger partial charge on any atom is 0.251 e. The number of nitrogens with one attached hydrogen (secondary N) is 1. The van der Waals surface area contributed by atoms with Crippen LogP contribution in [0.4, 0.5) is 0 Å². The van der Waals surface area contributed by atoms with Crippen molar-refractivity contribution in [3.63, 3.8) is 0 Å². The highest BCUT2D eigenvalue weighted by molar-refractivity contribution is 7.89. The van der Waals surface area contributed by atoms with E-state index in [4.69, 9.17) is 9.15 Å². The minimum Gasteiger partial charge on any atom is -0.463 e. The van der Waals surface area contributed by atoms with Gasteiger partial charge in [-0.1, -0.05) is 6.07 Å². The van der Waals surface area contributed by atoms with Crippen LogP contribution in [-0.2, 0) is 21.3 Å². The number of aromatic nitrogens is 1. The summed E-state index contributed by atoms with van der Waals surface area (Å²) in [5.74, 6) is 0.387. The molecule has 1 aromatic carbocycles. The number of carbonyl (C=O) groups excluding carboxylic acids is 1. The molecule has 0 unspecified atom stereocenters. The lowest BCUT2D eigenvalue weighted by atomic mass is 10.2. The monoisotopic (exact) mass is 427 g/mol. The Balaban J connectivity index is 1.37. The number of amides is 1. The van der Waals surface area contributed by atoms with Gasteiger partial charge >= 0.3 is 0 Å².